The van der Waals surface area contributed by atoms with Crippen LogP contribution in [0.25, 0.3) is 11.4 Å². The third-order valence-corrected chi connectivity index (χ3v) is 5.50. The highest BCUT2D eigenvalue weighted by molar-refractivity contribution is 5.95. The number of benzene rings is 2. The van der Waals surface area contributed by atoms with E-state index in [1.807, 2.05) is 6.07 Å². The molecule has 0 bridgehead atoms. The molecule has 2 aromatic carbocycles. The van der Waals surface area contributed by atoms with Crippen molar-refractivity contribution < 1.29 is 19.4 Å². The Kier molecular flexibility index (Phi) is 7.15. The lowest BCUT2D eigenvalue weighted by Crippen LogP contribution is -2.26. The Labute approximate surface area is 205 Å². The van der Waals surface area contributed by atoms with E-state index in [-0.39, 0.29) is 17.9 Å². The minimum absolute atomic E-state index is 0.0660. The molecule has 0 spiro atoms. The lowest BCUT2D eigenvalue weighted by atomic mass is 10.1. The Morgan fingerprint density at radius 3 is 2.64 bits per heavy atom. The zero-order valence-corrected chi connectivity index (χ0v) is 19.6. The number of nitrogens with zero attached hydrogens (tertiary/aromatic N) is 2. The van der Waals surface area contributed by atoms with Crippen molar-refractivity contribution >= 4 is 5.91 Å². The fraction of sp³-hybridized carbons (Fsp3) is 0.154. The molecule has 0 radical (unpaired) electrons. The van der Waals surface area contributed by atoms with Gasteiger partial charge < -0.3 is 29.4 Å². The van der Waals surface area contributed by atoms with E-state index >= 15 is 0 Å². The van der Waals surface area contributed by atoms with Gasteiger partial charge in [-0.3, -0.25) is 14.4 Å². The Morgan fingerprint density at radius 1 is 1.06 bits per heavy atom. The third-order valence-electron chi connectivity index (χ3n) is 5.50. The van der Waals surface area contributed by atoms with Gasteiger partial charge in [-0.25, -0.2) is 4.98 Å². The van der Waals surface area contributed by atoms with E-state index < -0.39 is 22.9 Å². The lowest BCUT2D eigenvalue weighted by Gasteiger charge is -2.12. The van der Waals surface area contributed by atoms with E-state index in [9.17, 15) is 19.5 Å². The average molecular weight is 489 g/mol. The van der Waals surface area contributed by atoms with Gasteiger partial charge in [0.25, 0.3) is 17.0 Å². The number of rotatable bonds is 8. The zero-order chi connectivity index (χ0) is 25.7. The maximum absolute atomic E-state index is 12.9. The van der Waals surface area contributed by atoms with E-state index in [1.165, 1.54) is 20.3 Å². The van der Waals surface area contributed by atoms with Crippen LogP contribution in [0.15, 0.2) is 76.4 Å². The number of hydrogen-bond donors (Lipinski definition) is 3. The van der Waals surface area contributed by atoms with Crippen molar-refractivity contribution in [1.82, 2.24) is 19.9 Å². The van der Waals surface area contributed by atoms with E-state index in [0.29, 0.717) is 29.2 Å². The van der Waals surface area contributed by atoms with Crippen molar-refractivity contribution in [3.8, 4) is 28.6 Å². The van der Waals surface area contributed by atoms with Gasteiger partial charge in [-0.2, -0.15) is 0 Å². The van der Waals surface area contributed by atoms with Gasteiger partial charge in [-0.05, 0) is 29.8 Å². The highest BCUT2D eigenvalue weighted by Gasteiger charge is 2.19. The zero-order valence-electron chi connectivity index (χ0n) is 19.6. The number of aromatic hydroxyl groups is 1. The van der Waals surface area contributed by atoms with E-state index in [2.05, 4.69) is 15.3 Å². The van der Waals surface area contributed by atoms with Crippen LogP contribution in [0.1, 0.15) is 21.6 Å². The van der Waals surface area contributed by atoms with Crippen LogP contribution in [0.2, 0.25) is 0 Å². The largest absolute Gasteiger partial charge is 0.501 e. The van der Waals surface area contributed by atoms with Gasteiger partial charge in [0.15, 0.2) is 5.69 Å². The quantitative estimate of drug-likeness (QED) is 0.346. The number of methoxy groups -OCH3 is 2. The standard InChI is InChI=1S/C26H24N4O6/c1-35-19-10-9-18(20(13-19)36-2)14-27-25(33)22-23(32)26(34)29-24(28-22)17-7-5-6-16(12-17)15-30-11-4-3-8-21(30)31/h3-13,32H,14-15H2,1-2H3,(H,27,33)(H,28,29,34). The normalized spacial score (nSPS) is 10.6. The molecule has 0 aliphatic heterocycles. The molecule has 0 aliphatic rings. The van der Waals surface area contributed by atoms with Gasteiger partial charge in [-0.15, -0.1) is 0 Å². The van der Waals surface area contributed by atoms with Crippen molar-refractivity contribution in [2.24, 2.45) is 0 Å². The highest BCUT2D eigenvalue weighted by atomic mass is 16.5. The number of amides is 1. The van der Waals surface area contributed by atoms with Gasteiger partial charge >= 0.3 is 0 Å². The number of H-pyrrole nitrogens is 1. The van der Waals surface area contributed by atoms with Gasteiger partial charge in [-0.1, -0.05) is 24.3 Å². The minimum atomic E-state index is -0.850. The smallest absolute Gasteiger partial charge is 0.294 e. The summed E-state index contributed by atoms with van der Waals surface area (Å²) in [5, 5.41) is 12.9. The number of carbonyl (C=O) groups is 1. The number of carbonyl (C=O) groups excluding carboxylic acids is 1. The molecule has 0 fully saturated rings. The van der Waals surface area contributed by atoms with E-state index in [1.54, 1.807) is 59.3 Å². The van der Waals surface area contributed by atoms with Crippen molar-refractivity contribution in [3.05, 3.63) is 104 Å². The molecular weight excluding hydrogens is 464 g/mol. The number of ether oxygens (including phenoxy) is 2. The van der Waals surface area contributed by atoms with E-state index in [0.717, 1.165) is 5.56 Å². The average Bonchev–Trinajstić information content (AvgIpc) is 2.90. The molecule has 0 saturated heterocycles. The number of nitrogens with one attached hydrogen (secondary N) is 2. The molecular formula is C26H24N4O6. The van der Waals surface area contributed by atoms with Crippen molar-refractivity contribution in [2.75, 3.05) is 14.2 Å². The van der Waals surface area contributed by atoms with Gasteiger partial charge in [0, 0.05) is 36.0 Å². The van der Waals surface area contributed by atoms with Crippen molar-refractivity contribution in [2.45, 2.75) is 13.1 Å². The Hall–Kier alpha value is -4.86. The molecule has 0 aliphatic carbocycles. The molecule has 184 valence electrons. The molecule has 0 atom stereocenters. The van der Waals surface area contributed by atoms with Crippen LogP contribution in [0, 0.1) is 0 Å². The predicted octanol–water partition coefficient (Wildman–Crippen LogP) is 2.30. The third kappa shape index (κ3) is 5.27. The van der Waals surface area contributed by atoms with E-state index in [4.69, 9.17) is 9.47 Å². The first kappa shape index (κ1) is 24.3. The van der Waals surface area contributed by atoms with Crippen LogP contribution in [-0.2, 0) is 13.1 Å². The molecule has 2 aromatic heterocycles. The molecule has 0 unspecified atom stereocenters. The van der Waals surface area contributed by atoms with Crippen molar-refractivity contribution in [1.29, 1.82) is 0 Å². The molecule has 4 rings (SSSR count). The molecule has 1 amide bonds. The van der Waals surface area contributed by atoms with Crippen molar-refractivity contribution in [3.63, 3.8) is 0 Å². The summed E-state index contributed by atoms with van der Waals surface area (Å²) < 4.78 is 12.0. The second kappa shape index (κ2) is 10.6. The van der Waals surface area contributed by atoms with Gasteiger partial charge in [0.2, 0.25) is 5.75 Å². The molecule has 36 heavy (non-hydrogen) atoms. The summed E-state index contributed by atoms with van der Waals surface area (Å²) in [6.07, 6.45) is 1.68. The molecule has 10 heteroatoms. The fourth-order valence-electron chi connectivity index (χ4n) is 3.62. The molecule has 0 saturated carbocycles. The van der Waals surface area contributed by atoms with Crippen LogP contribution in [0.3, 0.4) is 0 Å². The molecule has 2 heterocycles. The fourth-order valence-corrected chi connectivity index (χ4v) is 3.62. The van der Waals surface area contributed by atoms with Crippen LogP contribution >= 0.6 is 0 Å². The second-order valence-electron chi connectivity index (χ2n) is 7.84. The first-order chi connectivity index (χ1) is 17.4. The highest BCUT2D eigenvalue weighted by Crippen LogP contribution is 2.25. The van der Waals surface area contributed by atoms with Gasteiger partial charge in [0.05, 0.1) is 20.8 Å². The van der Waals surface area contributed by atoms with Gasteiger partial charge in [0.1, 0.15) is 17.3 Å². The Morgan fingerprint density at radius 2 is 1.89 bits per heavy atom. The maximum atomic E-state index is 12.9. The minimum Gasteiger partial charge on any atom is -0.501 e. The first-order valence-electron chi connectivity index (χ1n) is 11.0. The summed E-state index contributed by atoms with van der Waals surface area (Å²) in [6.45, 7) is 0.378. The van der Waals surface area contributed by atoms with Crippen LogP contribution in [0.5, 0.6) is 17.2 Å². The Balaban J connectivity index is 1.59. The molecule has 3 N–H and O–H groups in total. The summed E-state index contributed by atoms with van der Waals surface area (Å²) in [4.78, 5) is 44.0. The summed E-state index contributed by atoms with van der Waals surface area (Å²) in [5.74, 6) is -0.311. The first-order valence-corrected chi connectivity index (χ1v) is 11.0. The summed E-state index contributed by atoms with van der Waals surface area (Å²) in [7, 11) is 3.03. The second-order valence-corrected chi connectivity index (χ2v) is 7.84. The monoisotopic (exact) mass is 488 g/mol. The maximum Gasteiger partial charge on any atom is 0.294 e. The number of aromatic nitrogens is 3. The predicted molar refractivity (Wildman–Crippen MR) is 132 cm³/mol. The SMILES string of the molecule is COc1ccc(CNC(=O)c2nc(-c3cccc(Cn4ccccc4=O)c3)[nH]c(=O)c2O)c(OC)c1. The lowest BCUT2D eigenvalue weighted by molar-refractivity contribution is 0.0942. The summed E-state index contributed by atoms with van der Waals surface area (Å²) in [5.41, 5.74) is 0.558. The number of aromatic amines is 1. The topological polar surface area (TPSA) is 136 Å². The van der Waals surface area contributed by atoms with Crippen LogP contribution < -0.4 is 25.9 Å². The molecule has 4 aromatic rings. The van der Waals surface area contributed by atoms with Crippen LogP contribution in [-0.4, -0.2) is 39.8 Å². The number of hydrogen-bond acceptors (Lipinski definition) is 7. The Bertz CT molecular complexity index is 1530. The number of pyridine rings is 1. The summed E-state index contributed by atoms with van der Waals surface area (Å²) >= 11 is 0. The van der Waals surface area contributed by atoms with Crippen LogP contribution in [0.4, 0.5) is 0 Å². The molecule has 10 nitrogen and oxygen atoms in total. The summed E-state index contributed by atoms with van der Waals surface area (Å²) in [6, 6.07) is 17.1.